The predicted molar refractivity (Wildman–Crippen MR) is 80.1 cm³/mol. The van der Waals surface area contributed by atoms with E-state index in [1.165, 1.54) is 0 Å². The summed E-state index contributed by atoms with van der Waals surface area (Å²) >= 11 is 0. The van der Waals surface area contributed by atoms with Gasteiger partial charge < -0.3 is 9.84 Å². The lowest BCUT2D eigenvalue weighted by Gasteiger charge is -2.11. The van der Waals surface area contributed by atoms with Crippen LogP contribution in [0.2, 0.25) is 0 Å². The standard InChI is InChI=1S/C17H15NO2/c1-11-13(4-3-5-17(11)19)14-8-9-18-16-10-12(20-2)6-7-15(14)16/h3-10,19H,1-2H3. The van der Waals surface area contributed by atoms with E-state index in [-0.39, 0.29) is 0 Å². The molecule has 0 radical (unpaired) electrons. The fourth-order valence-corrected chi connectivity index (χ4v) is 2.40. The minimum absolute atomic E-state index is 0.306. The number of hydrogen-bond acceptors (Lipinski definition) is 3. The Balaban J connectivity index is 2.29. The molecule has 3 rings (SSSR count). The number of hydrogen-bond donors (Lipinski definition) is 1. The summed E-state index contributed by atoms with van der Waals surface area (Å²) < 4.78 is 5.23. The van der Waals surface area contributed by atoms with Crippen molar-refractivity contribution in [1.29, 1.82) is 0 Å². The maximum absolute atomic E-state index is 9.88. The zero-order chi connectivity index (χ0) is 14.1. The molecule has 0 unspecified atom stereocenters. The second-order valence-electron chi connectivity index (χ2n) is 4.69. The number of pyridine rings is 1. The van der Waals surface area contributed by atoms with Crippen molar-refractivity contribution >= 4 is 10.9 Å². The number of aromatic nitrogens is 1. The molecule has 0 bridgehead atoms. The van der Waals surface area contributed by atoms with E-state index in [1.54, 1.807) is 19.4 Å². The number of aromatic hydroxyl groups is 1. The van der Waals surface area contributed by atoms with Gasteiger partial charge in [0.2, 0.25) is 0 Å². The fourth-order valence-electron chi connectivity index (χ4n) is 2.40. The Morgan fingerprint density at radius 3 is 2.70 bits per heavy atom. The number of ether oxygens (including phenoxy) is 1. The summed E-state index contributed by atoms with van der Waals surface area (Å²) in [7, 11) is 1.64. The van der Waals surface area contributed by atoms with Crippen molar-refractivity contribution in [3.63, 3.8) is 0 Å². The first-order chi connectivity index (χ1) is 9.70. The molecule has 0 fully saturated rings. The van der Waals surface area contributed by atoms with Crippen LogP contribution in [-0.4, -0.2) is 17.2 Å². The van der Waals surface area contributed by atoms with E-state index < -0.39 is 0 Å². The van der Waals surface area contributed by atoms with Gasteiger partial charge in [0.05, 0.1) is 12.6 Å². The number of methoxy groups -OCH3 is 1. The van der Waals surface area contributed by atoms with Gasteiger partial charge in [-0.25, -0.2) is 0 Å². The molecule has 0 saturated carbocycles. The van der Waals surface area contributed by atoms with Gasteiger partial charge in [0, 0.05) is 17.6 Å². The number of phenolic OH excluding ortho intramolecular Hbond substituents is 1. The van der Waals surface area contributed by atoms with Crippen LogP contribution in [0, 0.1) is 6.92 Å². The molecule has 3 nitrogen and oxygen atoms in total. The van der Waals surface area contributed by atoms with E-state index >= 15 is 0 Å². The van der Waals surface area contributed by atoms with Crippen LogP contribution in [0.3, 0.4) is 0 Å². The molecule has 0 aliphatic carbocycles. The molecule has 0 aliphatic heterocycles. The summed E-state index contributed by atoms with van der Waals surface area (Å²) in [4.78, 5) is 4.39. The highest BCUT2D eigenvalue weighted by atomic mass is 16.5. The van der Waals surface area contributed by atoms with Crippen molar-refractivity contribution in [2.24, 2.45) is 0 Å². The van der Waals surface area contributed by atoms with Crippen molar-refractivity contribution in [3.05, 3.63) is 54.2 Å². The lowest BCUT2D eigenvalue weighted by molar-refractivity contribution is 0.415. The van der Waals surface area contributed by atoms with Gasteiger partial charge in [-0.2, -0.15) is 0 Å². The Morgan fingerprint density at radius 2 is 1.90 bits per heavy atom. The summed E-state index contributed by atoms with van der Waals surface area (Å²) in [6.07, 6.45) is 1.78. The molecule has 1 N–H and O–H groups in total. The zero-order valence-corrected chi connectivity index (χ0v) is 11.4. The highest BCUT2D eigenvalue weighted by Gasteiger charge is 2.09. The predicted octanol–water partition coefficient (Wildman–Crippen LogP) is 3.92. The molecule has 100 valence electrons. The Morgan fingerprint density at radius 1 is 1.05 bits per heavy atom. The summed E-state index contributed by atoms with van der Waals surface area (Å²) in [5.74, 6) is 1.09. The van der Waals surface area contributed by atoms with Crippen LogP contribution in [0.1, 0.15) is 5.56 Å². The molecule has 0 saturated heterocycles. The van der Waals surface area contributed by atoms with E-state index in [9.17, 15) is 5.11 Å². The van der Waals surface area contributed by atoms with Crippen molar-refractivity contribution in [2.75, 3.05) is 7.11 Å². The first-order valence-electron chi connectivity index (χ1n) is 6.42. The first kappa shape index (κ1) is 12.5. The summed E-state index contributed by atoms with van der Waals surface area (Å²) in [5.41, 5.74) is 3.83. The van der Waals surface area contributed by atoms with Gasteiger partial charge in [0.15, 0.2) is 0 Å². The number of rotatable bonds is 2. The smallest absolute Gasteiger partial charge is 0.121 e. The SMILES string of the molecule is COc1ccc2c(-c3cccc(O)c3C)ccnc2c1. The van der Waals surface area contributed by atoms with Crippen molar-refractivity contribution in [3.8, 4) is 22.6 Å². The van der Waals surface area contributed by atoms with E-state index in [1.807, 2.05) is 43.3 Å². The topological polar surface area (TPSA) is 42.4 Å². The van der Waals surface area contributed by atoms with E-state index in [0.717, 1.165) is 33.3 Å². The Labute approximate surface area is 117 Å². The van der Waals surface area contributed by atoms with Crippen LogP contribution in [0.25, 0.3) is 22.0 Å². The lowest BCUT2D eigenvalue weighted by Crippen LogP contribution is -1.89. The largest absolute Gasteiger partial charge is 0.508 e. The minimum atomic E-state index is 0.306. The number of phenols is 1. The van der Waals surface area contributed by atoms with Crippen molar-refractivity contribution in [1.82, 2.24) is 4.98 Å². The summed E-state index contributed by atoms with van der Waals surface area (Å²) in [5, 5.41) is 10.9. The quantitative estimate of drug-likeness (QED) is 0.763. The Hall–Kier alpha value is -2.55. The molecule has 1 heterocycles. The highest BCUT2D eigenvalue weighted by Crippen LogP contribution is 2.34. The van der Waals surface area contributed by atoms with Crippen LogP contribution >= 0.6 is 0 Å². The normalized spacial score (nSPS) is 10.7. The van der Waals surface area contributed by atoms with E-state index in [4.69, 9.17) is 4.74 Å². The Kier molecular flexibility index (Phi) is 3.03. The fraction of sp³-hybridized carbons (Fsp3) is 0.118. The van der Waals surface area contributed by atoms with Gasteiger partial charge in [-0.1, -0.05) is 12.1 Å². The van der Waals surface area contributed by atoms with Crippen molar-refractivity contribution < 1.29 is 9.84 Å². The second kappa shape index (κ2) is 4.85. The van der Waals surface area contributed by atoms with E-state index in [2.05, 4.69) is 4.98 Å². The molecular weight excluding hydrogens is 250 g/mol. The third kappa shape index (κ3) is 1.97. The minimum Gasteiger partial charge on any atom is -0.508 e. The summed E-state index contributed by atoms with van der Waals surface area (Å²) in [6.45, 7) is 1.92. The molecule has 0 aliphatic rings. The highest BCUT2D eigenvalue weighted by molar-refractivity contribution is 5.96. The van der Waals surface area contributed by atoms with Crippen LogP contribution < -0.4 is 4.74 Å². The molecule has 0 atom stereocenters. The van der Waals surface area contributed by atoms with Crippen LogP contribution in [0.5, 0.6) is 11.5 Å². The molecule has 0 spiro atoms. The molecule has 1 aromatic heterocycles. The van der Waals surface area contributed by atoms with Crippen LogP contribution in [0.15, 0.2) is 48.7 Å². The average molecular weight is 265 g/mol. The van der Waals surface area contributed by atoms with Crippen LogP contribution in [0.4, 0.5) is 0 Å². The maximum atomic E-state index is 9.88. The Bertz CT molecular complexity index is 781. The molecule has 3 heteroatoms. The molecular formula is C17H15NO2. The van der Waals surface area contributed by atoms with Gasteiger partial charge in [-0.3, -0.25) is 4.98 Å². The number of nitrogens with zero attached hydrogens (tertiary/aromatic N) is 1. The third-order valence-corrected chi connectivity index (χ3v) is 3.55. The van der Waals surface area contributed by atoms with Gasteiger partial charge >= 0.3 is 0 Å². The summed E-state index contributed by atoms with van der Waals surface area (Å²) in [6, 6.07) is 13.4. The molecule has 2 aromatic carbocycles. The monoisotopic (exact) mass is 265 g/mol. The van der Waals surface area contributed by atoms with Crippen LogP contribution in [-0.2, 0) is 0 Å². The van der Waals surface area contributed by atoms with Gasteiger partial charge in [0.1, 0.15) is 11.5 Å². The van der Waals surface area contributed by atoms with E-state index in [0.29, 0.717) is 5.75 Å². The van der Waals surface area contributed by atoms with Gasteiger partial charge in [-0.05, 0) is 47.9 Å². The second-order valence-corrected chi connectivity index (χ2v) is 4.69. The zero-order valence-electron chi connectivity index (χ0n) is 11.4. The lowest BCUT2D eigenvalue weighted by atomic mass is 9.97. The van der Waals surface area contributed by atoms with Gasteiger partial charge in [0.25, 0.3) is 0 Å². The van der Waals surface area contributed by atoms with Crippen molar-refractivity contribution in [2.45, 2.75) is 6.92 Å². The average Bonchev–Trinajstić information content (AvgIpc) is 2.49. The third-order valence-electron chi connectivity index (χ3n) is 3.55. The van der Waals surface area contributed by atoms with Gasteiger partial charge in [-0.15, -0.1) is 0 Å². The number of fused-ring (bicyclic) bond motifs is 1. The first-order valence-corrected chi connectivity index (χ1v) is 6.42. The molecule has 3 aromatic rings. The number of benzene rings is 2. The molecule has 0 amide bonds. The maximum Gasteiger partial charge on any atom is 0.121 e. The molecule has 20 heavy (non-hydrogen) atoms.